The van der Waals surface area contributed by atoms with Gasteiger partial charge in [0.2, 0.25) is 17.6 Å². The largest absolute Gasteiger partial charge is 0.366 e. The van der Waals surface area contributed by atoms with Crippen molar-refractivity contribution < 1.29 is 14.1 Å². The van der Waals surface area contributed by atoms with E-state index in [1.807, 2.05) is 6.07 Å². The average molecular weight is 322 g/mol. The summed E-state index contributed by atoms with van der Waals surface area (Å²) >= 11 is 0. The molecule has 0 unspecified atom stereocenters. The maximum atomic E-state index is 12.3. The Morgan fingerprint density at radius 3 is 2.54 bits per heavy atom. The number of hydrogen-bond donors (Lipinski definition) is 2. The molecular weight excluding hydrogens is 308 g/mol. The highest BCUT2D eigenvalue weighted by molar-refractivity contribution is 6.06. The lowest BCUT2D eigenvalue weighted by molar-refractivity contribution is 0.1000. The summed E-state index contributed by atoms with van der Waals surface area (Å²) < 4.78 is 4.95. The molecule has 0 spiro atoms. The van der Waals surface area contributed by atoms with E-state index in [-0.39, 0.29) is 11.5 Å². The molecule has 3 N–H and O–H groups in total. The predicted molar refractivity (Wildman–Crippen MR) is 87.4 cm³/mol. The van der Waals surface area contributed by atoms with Gasteiger partial charge in [-0.2, -0.15) is 4.98 Å². The summed E-state index contributed by atoms with van der Waals surface area (Å²) in [7, 11) is 0. The molecule has 24 heavy (non-hydrogen) atoms. The first-order valence-electron chi connectivity index (χ1n) is 7.15. The Morgan fingerprint density at radius 2 is 1.83 bits per heavy atom. The molecule has 0 aliphatic heterocycles. The summed E-state index contributed by atoms with van der Waals surface area (Å²) in [5.41, 5.74) is 7.14. The third-order valence-corrected chi connectivity index (χ3v) is 3.32. The Balaban J connectivity index is 1.82. The number of primary amides is 1. The molecule has 0 aliphatic carbocycles. The number of amides is 2. The zero-order valence-corrected chi connectivity index (χ0v) is 12.8. The van der Waals surface area contributed by atoms with Crippen molar-refractivity contribution in [3.63, 3.8) is 0 Å². The maximum Gasteiger partial charge on any atom is 0.255 e. The van der Waals surface area contributed by atoms with Crippen molar-refractivity contribution in [3.8, 4) is 11.4 Å². The molecule has 7 nitrogen and oxygen atoms in total. The van der Waals surface area contributed by atoms with Gasteiger partial charge in [-0.05, 0) is 30.3 Å². The molecule has 3 rings (SSSR count). The van der Waals surface area contributed by atoms with Crippen LogP contribution in [0.1, 0.15) is 26.6 Å². The van der Waals surface area contributed by atoms with Crippen LogP contribution in [-0.2, 0) is 0 Å². The number of carbonyl (C=O) groups is 2. The van der Waals surface area contributed by atoms with Gasteiger partial charge in [0.15, 0.2) is 0 Å². The lowest BCUT2D eigenvalue weighted by Crippen LogP contribution is -2.15. The Morgan fingerprint density at radius 1 is 1.08 bits per heavy atom. The van der Waals surface area contributed by atoms with Crippen LogP contribution in [0.2, 0.25) is 0 Å². The van der Waals surface area contributed by atoms with Crippen LogP contribution in [0.25, 0.3) is 11.4 Å². The van der Waals surface area contributed by atoms with Gasteiger partial charge in [-0.1, -0.05) is 23.4 Å². The van der Waals surface area contributed by atoms with Crippen LogP contribution in [0.5, 0.6) is 0 Å². The molecule has 1 aromatic heterocycles. The zero-order chi connectivity index (χ0) is 17.1. The number of carbonyl (C=O) groups excluding carboxylic acids is 2. The van der Waals surface area contributed by atoms with E-state index >= 15 is 0 Å². The second kappa shape index (κ2) is 6.33. The van der Waals surface area contributed by atoms with E-state index in [1.165, 1.54) is 6.07 Å². The first-order valence-corrected chi connectivity index (χ1v) is 7.15. The zero-order valence-electron chi connectivity index (χ0n) is 12.8. The SMILES string of the molecule is Cc1nc(-c2cccc(NC(=O)c3cccc(C(N)=O)c3)c2)no1. The molecule has 2 aromatic carbocycles. The quantitative estimate of drug-likeness (QED) is 0.766. The fourth-order valence-corrected chi connectivity index (χ4v) is 2.17. The minimum absolute atomic E-state index is 0.277. The van der Waals surface area contributed by atoms with E-state index in [1.54, 1.807) is 43.3 Å². The van der Waals surface area contributed by atoms with Gasteiger partial charge in [-0.15, -0.1) is 0 Å². The summed E-state index contributed by atoms with van der Waals surface area (Å²) in [6.45, 7) is 1.70. The molecule has 0 atom stereocenters. The molecule has 7 heteroatoms. The summed E-state index contributed by atoms with van der Waals surface area (Å²) in [4.78, 5) is 27.7. The highest BCUT2D eigenvalue weighted by Crippen LogP contribution is 2.20. The topological polar surface area (TPSA) is 111 Å². The first-order chi connectivity index (χ1) is 11.5. The normalized spacial score (nSPS) is 10.4. The molecule has 120 valence electrons. The average Bonchev–Trinajstić information content (AvgIpc) is 3.02. The van der Waals surface area contributed by atoms with Crippen LogP contribution < -0.4 is 11.1 Å². The summed E-state index contributed by atoms with van der Waals surface area (Å²) in [6, 6.07) is 13.3. The van der Waals surface area contributed by atoms with Crippen molar-refractivity contribution in [3.05, 3.63) is 65.5 Å². The van der Waals surface area contributed by atoms with Gasteiger partial charge < -0.3 is 15.6 Å². The standard InChI is InChI=1S/C17H14N4O3/c1-10-19-16(21-24-10)12-5-3-7-14(9-12)20-17(23)13-6-2-4-11(8-13)15(18)22/h2-9H,1H3,(H2,18,22)(H,20,23). The Hall–Kier alpha value is -3.48. The Bertz CT molecular complexity index is 917. The molecule has 0 saturated carbocycles. The van der Waals surface area contributed by atoms with Crippen LogP contribution in [0.3, 0.4) is 0 Å². The number of nitrogens with two attached hydrogens (primary N) is 1. The number of aromatic nitrogens is 2. The third-order valence-electron chi connectivity index (χ3n) is 3.32. The minimum Gasteiger partial charge on any atom is -0.366 e. The van der Waals surface area contributed by atoms with Gasteiger partial charge in [0.25, 0.3) is 5.91 Å². The third kappa shape index (κ3) is 3.30. The molecule has 0 fully saturated rings. The van der Waals surface area contributed by atoms with Gasteiger partial charge in [0.05, 0.1) is 0 Å². The number of benzene rings is 2. The van der Waals surface area contributed by atoms with Crippen LogP contribution in [-0.4, -0.2) is 22.0 Å². The highest BCUT2D eigenvalue weighted by Gasteiger charge is 2.11. The van der Waals surface area contributed by atoms with E-state index in [0.717, 1.165) is 5.56 Å². The summed E-state index contributed by atoms with van der Waals surface area (Å²) in [5, 5.41) is 6.61. The molecule has 0 aliphatic rings. The summed E-state index contributed by atoms with van der Waals surface area (Å²) in [5.74, 6) is -0.0271. The lowest BCUT2D eigenvalue weighted by atomic mass is 10.1. The minimum atomic E-state index is -0.584. The number of aryl methyl sites for hydroxylation is 1. The summed E-state index contributed by atoms with van der Waals surface area (Å²) in [6.07, 6.45) is 0. The van der Waals surface area contributed by atoms with Crippen LogP contribution in [0, 0.1) is 6.92 Å². The second-order valence-corrected chi connectivity index (χ2v) is 5.12. The van der Waals surface area contributed by atoms with Gasteiger partial charge >= 0.3 is 0 Å². The molecule has 3 aromatic rings. The van der Waals surface area contributed by atoms with Gasteiger partial charge in [-0.25, -0.2) is 0 Å². The second-order valence-electron chi connectivity index (χ2n) is 5.12. The predicted octanol–water partition coefficient (Wildman–Crippen LogP) is 2.40. The van der Waals surface area contributed by atoms with E-state index in [4.69, 9.17) is 10.3 Å². The van der Waals surface area contributed by atoms with E-state index in [9.17, 15) is 9.59 Å². The van der Waals surface area contributed by atoms with Crippen molar-refractivity contribution in [2.75, 3.05) is 5.32 Å². The molecule has 0 bridgehead atoms. The Kier molecular flexibility index (Phi) is 4.07. The van der Waals surface area contributed by atoms with E-state index in [2.05, 4.69) is 15.5 Å². The Labute approximate surface area is 137 Å². The van der Waals surface area contributed by atoms with Gasteiger partial charge in [0, 0.05) is 29.3 Å². The number of nitrogens with zero attached hydrogens (tertiary/aromatic N) is 2. The van der Waals surface area contributed by atoms with E-state index < -0.39 is 5.91 Å². The van der Waals surface area contributed by atoms with Crippen LogP contribution in [0.15, 0.2) is 53.1 Å². The molecular formula is C17H14N4O3. The fraction of sp³-hybridized carbons (Fsp3) is 0.0588. The number of anilines is 1. The molecule has 2 amide bonds. The molecule has 0 radical (unpaired) electrons. The molecule has 0 saturated heterocycles. The van der Waals surface area contributed by atoms with Crippen LogP contribution in [0.4, 0.5) is 5.69 Å². The van der Waals surface area contributed by atoms with Gasteiger partial charge in [-0.3, -0.25) is 9.59 Å². The van der Waals surface area contributed by atoms with Crippen molar-refractivity contribution in [2.45, 2.75) is 6.92 Å². The van der Waals surface area contributed by atoms with E-state index in [0.29, 0.717) is 23.0 Å². The monoisotopic (exact) mass is 322 g/mol. The smallest absolute Gasteiger partial charge is 0.255 e. The first kappa shape index (κ1) is 15.4. The number of rotatable bonds is 4. The van der Waals surface area contributed by atoms with Crippen molar-refractivity contribution in [2.24, 2.45) is 5.73 Å². The molecule has 1 heterocycles. The fourth-order valence-electron chi connectivity index (χ4n) is 2.17. The lowest BCUT2D eigenvalue weighted by Gasteiger charge is -2.07. The van der Waals surface area contributed by atoms with Crippen molar-refractivity contribution >= 4 is 17.5 Å². The highest BCUT2D eigenvalue weighted by atomic mass is 16.5. The van der Waals surface area contributed by atoms with Crippen molar-refractivity contribution in [1.82, 2.24) is 10.1 Å². The maximum absolute atomic E-state index is 12.3. The van der Waals surface area contributed by atoms with Crippen LogP contribution >= 0.6 is 0 Å². The number of hydrogen-bond acceptors (Lipinski definition) is 5. The van der Waals surface area contributed by atoms with Crippen molar-refractivity contribution in [1.29, 1.82) is 0 Å². The number of nitrogens with one attached hydrogen (secondary N) is 1. The van der Waals surface area contributed by atoms with Gasteiger partial charge in [0.1, 0.15) is 0 Å².